The highest BCUT2D eigenvalue weighted by Crippen LogP contribution is 2.15. The van der Waals surface area contributed by atoms with Crippen LogP contribution in [-0.4, -0.2) is 22.9 Å². The second-order valence-corrected chi connectivity index (χ2v) is 11.8. The van der Waals surface area contributed by atoms with E-state index in [9.17, 15) is 5.11 Å². The first-order valence-corrected chi connectivity index (χ1v) is 17.4. The summed E-state index contributed by atoms with van der Waals surface area (Å²) in [5.74, 6) is 0. The van der Waals surface area contributed by atoms with Gasteiger partial charge in [-0.3, -0.25) is 0 Å². The molecule has 0 saturated carbocycles. The smallest absolute Gasteiger partial charge is 0.0540 e. The van der Waals surface area contributed by atoms with Crippen LogP contribution in [0.4, 0.5) is 0 Å². The topological polar surface area (TPSA) is 40.5 Å². The van der Waals surface area contributed by atoms with Gasteiger partial charge in [-0.25, -0.2) is 0 Å². The number of hydrogen-bond donors (Lipinski definition) is 2. The summed E-state index contributed by atoms with van der Waals surface area (Å²) in [5.41, 5.74) is 0. The fourth-order valence-electron chi connectivity index (χ4n) is 5.26. The molecule has 2 nitrogen and oxygen atoms in total. The largest absolute Gasteiger partial charge is 0.396 e. The standard InChI is InChI=1S/C36H70O2/c1-2-3-4-5-6-7-8-9-12-15-18-21-24-27-30-33-36(38)34-31-28-25-22-19-16-13-10-11-14-17-20-23-26-29-32-35-37/h9-12,36-38H,2-8,13-35H2,1H3/b11-10+,12-9-. The Balaban J connectivity index is 3.23. The molecule has 0 rings (SSSR count). The number of allylic oxidation sites excluding steroid dienone is 4. The second-order valence-electron chi connectivity index (χ2n) is 11.8. The average Bonchev–Trinajstić information content (AvgIpc) is 2.92. The highest BCUT2D eigenvalue weighted by molar-refractivity contribution is 4.82. The van der Waals surface area contributed by atoms with Gasteiger partial charge in [-0.2, -0.15) is 0 Å². The molecule has 0 radical (unpaired) electrons. The lowest BCUT2D eigenvalue weighted by Gasteiger charge is -2.10. The molecule has 0 aliphatic carbocycles. The van der Waals surface area contributed by atoms with Gasteiger partial charge in [-0.05, 0) is 70.6 Å². The molecule has 0 aromatic rings. The molecule has 2 N–H and O–H groups in total. The monoisotopic (exact) mass is 535 g/mol. The van der Waals surface area contributed by atoms with Crippen molar-refractivity contribution < 1.29 is 10.2 Å². The maximum absolute atomic E-state index is 10.3. The molecule has 1 atom stereocenters. The molecular formula is C36H70O2. The van der Waals surface area contributed by atoms with Gasteiger partial charge in [-0.15, -0.1) is 0 Å². The molecule has 0 saturated heterocycles. The third kappa shape index (κ3) is 33.4. The van der Waals surface area contributed by atoms with E-state index in [0.29, 0.717) is 6.61 Å². The highest BCUT2D eigenvalue weighted by Gasteiger charge is 2.03. The summed E-state index contributed by atoms with van der Waals surface area (Å²) in [6.07, 6.45) is 46.7. The molecule has 0 amide bonds. The van der Waals surface area contributed by atoms with E-state index < -0.39 is 0 Å². The first-order valence-electron chi connectivity index (χ1n) is 17.4. The molecule has 0 heterocycles. The minimum Gasteiger partial charge on any atom is -0.396 e. The van der Waals surface area contributed by atoms with E-state index in [2.05, 4.69) is 31.2 Å². The van der Waals surface area contributed by atoms with E-state index >= 15 is 0 Å². The van der Waals surface area contributed by atoms with Crippen molar-refractivity contribution in [3.63, 3.8) is 0 Å². The molecule has 2 heteroatoms. The van der Waals surface area contributed by atoms with Crippen molar-refractivity contribution in [2.45, 2.75) is 199 Å². The summed E-state index contributed by atoms with van der Waals surface area (Å²) in [7, 11) is 0. The number of hydrogen-bond acceptors (Lipinski definition) is 2. The van der Waals surface area contributed by atoms with E-state index in [4.69, 9.17) is 5.11 Å². The van der Waals surface area contributed by atoms with Crippen molar-refractivity contribution in [1.29, 1.82) is 0 Å². The van der Waals surface area contributed by atoms with Gasteiger partial charge in [0, 0.05) is 6.61 Å². The zero-order valence-corrected chi connectivity index (χ0v) is 26.0. The van der Waals surface area contributed by atoms with Crippen LogP contribution in [0, 0.1) is 0 Å². The van der Waals surface area contributed by atoms with Gasteiger partial charge in [-0.1, -0.05) is 147 Å². The van der Waals surface area contributed by atoms with Gasteiger partial charge in [0.25, 0.3) is 0 Å². The normalized spacial score (nSPS) is 12.8. The van der Waals surface area contributed by atoms with Crippen molar-refractivity contribution in [1.82, 2.24) is 0 Å². The van der Waals surface area contributed by atoms with Gasteiger partial charge >= 0.3 is 0 Å². The van der Waals surface area contributed by atoms with E-state index in [1.165, 1.54) is 167 Å². The number of aliphatic hydroxyl groups is 2. The molecule has 38 heavy (non-hydrogen) atoms. The molecule has 0 aliphatic rings. The first kappa shape index (κ1) is 37.4. The Morgan fingerprint density at radius 1 is 0.395 bits per heavy atom. The Labute approximate surface area is 240 Å². The maximum atomic E-state index is 10.3. The van der Waals surface area contributed by atoms with Gasteiger partial charge in [0.15, 0.2) is 0 Å². The molecular weight excluding hydrogens is 464 g/mol. The summed E-state index contributed by atoms with van der Waals surface area (Å²) in [6, 6.07) is 0. The summed E-state index contributed by atoms with van der Waals surface area (Å²) in [6.45, 7) is 2.63. The van der Waals surface area contributed by atoms with Crippen molar-refractivity contribution in [3.05, 3.63) is 24.3 Å². The highest BCUT2D eigenvalue weighted by atomic mass is 16.3. The van der Waals surface area contributed by atoms with Crippen LogP contribution in [0.3, 0.4) is 0 Å². The van der Waals surface area contributed by atoms with Crippen LogP contribution in [0.15, 0.2) is 24.3 Å². The van der Waals surface area contributed by atoms with Crippen LogP contribution in [0.1, 0.15) is 193 Å². The summed E-state index contributed by atoms with van der Waals surface area (Å²) in [4.78, 5) is 0. The third-order valence-electron chi connectivity index (χ3n) is 7.90. The lowest BCUT2D eigenvalue weighted by molar-refractivity contribution is 0.147. The van der Waals surface area contributed by atoms with Crippen LogP contribution in [0.5, 0.6) is 0 Å². The Hall–Kier alpha value is -0.600. The molecule has 0 fully saturated rings. The predicted molar refractivity (Wildman–Crippen MR) is 171 cm³/mol. The van der Waals surface area contributed by atoms with Crippen LogP contribution in [0.25, 0.3) is 0 Å². The van der Waals surface area contributed by atoms with Gasteiger partial charge in [0.2, 0.25) is 0 Å². The van der Waals surface area contributed by atoms with Crippen molar-refractivity contribution in [2.24, 2.45) is 0 Å². The molecule has 0 spiro atoms. The summed E-state index contributed by atoms with van der Waals surface area (Å²) in [5, 5.41) is 19.0. The minimum atomic E-state index is -0.0643. The summed E-state index contributed by atoms with van der Waals surface area (Å²) >= 11 is 0. The predicted octanol–water partition coefficient (Wildman–Crippen LogP) is 11.8. The Bertz CT molecular complexity index is 470. The van der Waals surface area contributed by atoms with Crippen LogP contribution in [0.2, 0.25) is 0 Å². The Morgan fingerprint density at radius 3 is 1.03 bits per heavy atom. The maximum Gasteiger partial charge on any atom is 0.0540 e. The molecule has 0 aromatic heterocycles. The van der Waals surface area contributed by atoms with Gasteiger partial charge in [0.1, 0.15) is 0 Å². The van der Waals surface area contributed by atoms with Gasteiger partial charge < -0.3 is 10.2 Å². The van der Waals surface area contributed by atoms with Crippen LogP contribution >= 0.6 is 0 Å². The Morgan fingerprint density at radius 2 is 0.684 bits per heavy atom. The van der Waals surface area contributed by atoms with E-state index in [-0.39, 0.29) is 6.10 Å². The molecule has 0 aromatic carbocycles. The van der Waals surface area contributed by atoms with E-state index in [0.717, 1.165) is 19.3 Å². The zero-order chi connectivity index (χ0) is 27.6. The molecule has 226 valence electrons. The van der Waals surface area contributed by atoms with Crippen molar-refractivity contribution in [3.8, 4) is 0 Å². The average molecular weight is 535 g/mol. The molecule has 0 aliphatic heterocycles. The number of rotatable bonds is 32. The molecule has 0 bridgehead atoms. The van der Waals surface area contributed by atoms with E-state index in [1.54, 1.807) is 0 Å². The van der Waals surface area contributed by atoms with Gasteiger partial charge in [0.05, 0.1) is 6.10 Å². The summed E-state index contributed by atoms with van der Waals surface area (Å²) < 4.78 is 0. The third-order valence-corrected chi connectivity index (χ3v) is 7.90. The van der Waals surface area contributed by atoms with Crippen LogP contribution in [-0.2, 0) is 0 Å². The number of unbranched alkanes of at least 4 members (excludes halogenated alkanes) is 23. The quantitative estimate of drug-likeness (QED) is 0.0665. The van der Waals surface area contributed by atoms with E-state index in [1.807, 2.05) is 0 Å². The lowest BCUT2D eigenvalue weighted by atomic mass is 10.0. The fraction of sp³-hybridized carbons (Fsp3) is 0.889. The minimum absolute atomic E-state index is 0.0643. The van der Waals surface area contributed by atoms with Crippen molar-refractivity contribution in [2.75, 3.05) is 6.61 Å². The fourth-order valence-corrected chi connectivity index (χ4v) is 5.26. The lowest BCUT2D eigenvalue weighted by Crippen LogP contribution is -2.05. The zero-order valence-electron chi connectivity index (χ0n) is 26.0. The Kier molecular flexibility index (Phi) is 33.9. The number of aliphatic hydroxyl groups excluding tert-OH is 2. The van der Waals surface area contributed by atoms with Crippen molar-refractivity contribution >= 4 is 0 Å². The first-order chi connectivity index (χ1) is 18.8. The SMILES string of the molecule is CCCCCCCC/C=C\CCCCCCCC(O)CCCCCCCC/C=C/CCCCCCCCO. The van der Waals surface area contributed by atoms with Crippen LogP contribution < -0.4 is 0 Å². The molecule has 1 unspecified atom stereocenters. The second kappa shape index (κ2) is 34.4.